The van der Waals surface area contributed by atoms with Crippen molar-refractivity contribution in [2.45, 2.75) is 5.16 Å². The Morgan fingerprint density at radius 3 is 2.45 bits per heavy atom. The number of hydrogen-bond acceptors (Lipinski definition) is 3. The monoisotopic (exact) mass is 311 g/mol. The van der Waals surface area contributed by atoms with Gasteiger partial charge in [-0.05, 0) is 24.3 Å². The fraction of sp³-hybridized carbons (Fsp3) is 0.0588. The quantitative estimate of drug-likeness (QED) is 0.518. The van der Waals surface area contributed by atoms with Crippen LogP contribution in [0.1, 0.15) is 0 Å². The molecule has 2 aromatic carbocycles. The van der Waals surface area contributed by atoms with E-state index in [1.165, 1.54) is 23.9 Å². The summed E-state index contributed by atoms with van der Waals surface area (Å²) < 4.78 is 15.1. The van der Waals surface area contributed by atoms with Crippen molar-refractivity contribution in [3.05, 3.63) is 73.1 Å². The van der Waals surface area contributed by atoms with Gasteiger partial charge in [0, 0.05) is 17.0 Å². The summed E-state index contributed by atoms with van der Waals surface area (Å²) in [6.45, 7) is 3.73. The first-order valence-electron chi connectivity index (χ1n) is 6.80. The van der Waals surface area contributed by atoms with Crippen molar-refractivity contribution in [1.82, 2.24) is 14.8 Å². The molecule has 22 heavy (non-hydrogen) atoms. The van der Waals surface area contributed by atoms with E-state index in [1.54, 1.807) is 12.1 Å². The average molecular weight is 311 g/mol. The molecule has 0 spiro atoms. The summed E-state index contributed by atoms with van der Waals surface area (Å²) in [6.07, 6.45) is 1.82. The molecule has 1 heterocycles. The number of nitrogens with zero attached hydrogens (tertiary/aromatic N) is 3. The zero-order chi connectivity index (χ0) is 15.4. The van der Waals surface area contributed by atoms with Crippen LogP contribution in [0.4, 0.5) is 4.39 Å². The van der Waals surface area contributed by atoms with Gasteiger partial charge < -0.3 is 0 Å². The van der Waals surface area contributed by atoms with E-state index in [0.29, 0.717) is 0 Å². The van der Waals surface area contributed by atoms with Gasteiger partial charge in [0.15, 0.2) is 11.0 Å². The Morgan fingerprint density at radius 1 is 1.05 bits per heavy atom. The highest BCUT2D eigenvalue weighted by molar-refractivity contribution is 7.99. The molecule has 0 bridgehead atoms. The summed E-state index contributed by atoms with van der Waals surface area (Å²) >= 11 is 1.54. The van der Waals surface area contributed by atoms with E-state index >= 15 is 0 Å². The van der Waals surface area contributed by atoms with E-state index in [2.05, 4.69) is 16.8 Å². The third kappa shape index (κ3) is 2.94. The molecule has 110 valence electrons. The minimum Gasteiger partial charge on any atom is -0.270 e. The smallest absolute Gasteiger partial charge is 0.196 e. The predicted molar refractivity (Wildman–Crippen MR) is 87.7 cm³/mol. The van der Waals surface area contributed by atoms with Crippen LogP contribution in [0.3, 0.4) is 0 Å². The van der Waals surface area contributed by atoms with Crippen LogP contribution in [-0.4, -0.2) is 20.5 Å². The minimum atomic E-state index is -0.265. The molecule has 0 aliphatic carbocycles. The standard InChI is InChI=1S/C17H14FN3S/c1-2-12-22-17-20-19-16(13-6-4-3-5-7-13)21(17)15-10-8-14(18)9-11-15/h2-11H,1,12H2. The van der Waals surface area contributed by atoms with Crippen LogP contribution >= 0.6 is 11.8 Å². The second kappa shape index (κ2) is 6.58. The second-order valence-corrected chi connectivity index (χ2v) is 5.57. The summed E-state index contributed by atoms with van der Waals surface area (Å²) in [7, 11) is 0. The summed E-state index contributed by atoms with van der Waals surface area (Å²) in [4.78, 5) is 0. The maximum absolute atomic E-state index is 13.2. The highest BCUT2D eigenvalue weighted by Gasteiger charge is 2.15. The van der Waals surface area contributed by atoms with Gasteiger partial charge >= 0.3 is 0 Å². The number of rotatable bonds is 5. The maximum Gasteiger partial charge on any atom is 0.196 e. The third-order valence-electron chi connectivity index (χ3n) is 3.08. The van der Waals surface area contributed by atoms with E-state index in [4.69, 9.17) is 0 Å². The van der Waals surface area contributed by atoms with E-state index < -0.39 is 0 Å². The van der Waals surface area contributed by atoms with Gasteiger partial charge in [0.05, 0.1) is 0 Å². The average Bonchev–Trinajstić information content (AvgIpc) is 2.98. The van der Waals surface area contributed by atoms with E-state index in [1.807, 2.05) is 41.0 Å². The number of hydrogen-bond donors (Lipinski definition) is 0. The van der Waals surface area contributed by atoms with Crippen LogP contribution in [0.2, 0.25) is 0 Å². The second-order valence-electron chi connectivity index (χ2n) is 4.58. The van der Waals surface area contributed by atoms with Crippen LogP contribution in [0, 0.1) is 5.82 Å². The van der Waals surface area contributed by atoms with Gasteiger partial charge in [-0.2, -0.15) is 0 Å². The molecule has 5 heteroatoms. The molecule has 0 radical (unpaired) electrons. The molecular formula is C17H14FN3S. The lowest BCUT2D eigenvalue weighted by atomic mass is 10.2. The van der Waals surface area contributed by atoms with Crippen molar-refractivity contribution in [3.8, 4) is 17.1 Å². The Labute approximate surface area is 132 Å². The Kier molecular flexibility index (Phi) is 4.34. The topological polar surface area (TPSA) is 30.7 Å². The molecule has 0 N–H and O–H groups in total. The summed E-state index contributed by atoms with van der Waals surface area (Å²) in [5.74, 6) is 1.20. The van der Waals surface area contributed by atoms with Gasteiger partial charge in [-0.1, -0.05) is 48.2 Å². The third-order valence-corrected chi connectivity index (χ3v) is 4.01. The maximum atomic E-state index is 13.2. The lowest BCUT2D eigenvalue weighted by molar-refractivity contribution is 0.627. The molecule has 0 saturated heterocycles. The van der Waals surface area contributed by atoms with Crippen LogP contribution in [0.15, 0.2) is 72.4 Å². The highest BCUT2D eigenvalue weighted by Crippen LogP contribution is 2.27. The van der Waals surface area contributed by atoms with Gasteiger partial charge in [-0.25, -0.2) is 4.39 Å². The first-order chi connectivity index (χ1) is 10.8. The predicted octanol–water partition coefficient (Wildman–Crippen LogP) is 4.35. The van der Waals surface area contributed by atoms with Gasteiger partial charge in [0.25, 0.3) is 0 Å². The highest BCUT2D eigenvalue weighted by atomic mass is 32.2. The number of aromatic nitrogens is 3. The molecule has 3 rings (SSSR count). The van der Waals surface area contributed by atoms with Crippen molar-refractivity contribution in [2.75, 3.05) is 5.75 Å². The summed E-state index contributed by atoms with van der Waals surface area (Å²) in [5.41, 5.74) is 1.79. The minimum absolute atomic E-state index is 0.265. The van der Waals surface area contributed by atoms with Crippen molar-refractivity contribution in [1.29, 1.82) is 0 Å². The molecule has 0 unspecified atom stereocenters. The largest absolute Gasteiger partial charge is 0.270 e. The Balaban J connectivity index is 2.13. The molecule has 0 saturated carbocycles. The molecule has 0 aliphatic rings. The van der Waals surface area contributed by atoms with Gasteiger partial charge in [-0.15, -0.1) is 16.8 Å². The van der Waals surface area contributed by atoms with Crippen LogP contribution in [0.5, 0.6) is 0 Å². The van der Waals surface area contributed by atoms with Crippen molar-refractivity contribution in [2.24, 2.45) is 0 Å². The molecular weight excluding hydrogens is 297 g/mol. The van der Waals surface area contributed by atoms with Crippen molar-refractivity contribution < 1.29 is 4.39 Å². The summed E-state index contributed by atoms with van der Waals surface area (Å²) in [5, 5.41) is 9.32. The van der Waals surface area contributed by atoms with Gasteiger partial charge in [0.2, 0.25) is 0 Å². The van der Waals surface area contributed by atoms with Crippen molar-refractivity contribution in [3.63, 3.8) is 0 Å². The van der Waals surface area contributed by atoms with E-state index in [9.17, 15) is 4.39 Å². The number of thioether (sulfide) groups is 1. The Hall–Kier alpha value is -2.40. The molecule has 3 aromatic rings. The fourth-order valence-electron chi connectivity index (χ4n) is 2.09. The normalized spacial score (nSPS) is 10.6. The van der Waals surface area contributed by atoms with Gasteiger partial charge in [0.1, 0.15) is 5.82 Å². The first-order valence-corrected chi connectivity index (χ1v) is 7.78. The fourth-order valence-corrected chi connectivity index (χ4v) is 2.78. The van der Waals surface area contributed by atoms with E-state index in [-0.39, 0.29) is 5.82 Å². The van der Waals surface area contributed by atoms with Crippen LogP contribution in [0.25, 0.3) is 17.1 Å². The Morgan fingerprint density at radius 2 is 1.77 bits per heavy atom. The SMILES string of the molecule is C=CCSc1nnc(-c2ccccc2)n1-c1ccc(F)cc1. The molecule has 0 amide bonds. The Bertz CT molecular complexity index is 766. The summed E-state index contributed by atoms with van der Waals surface area (Å²) in [6, 6.07) is 16.1. The molecule has 0 atom stereocenters. The van der Waals surface area contributed by atoms with Crippen molar-refractivity contribution >= 4 is 11.8 Å². The lowest BCUT2D eigenvalue weighted by Crippen LogP contribution is -1.99. The number of halogens is 1. The lowest BCUT2D eigenvalue weighted by Gasteiger charge is -2.09. The molecule has 3 nitrogen and oxygen atoms in total. The zero-order valence-corrected chi connectivity index (χ0v) is 12.6. The molecule has 0 aliphatic heterocycles. The van der Waals surface area contributed by atoms with Gasteiger partial charge in [-0.3, -0.25) is 4.57 Å². The zero-order valence-electron chi connectivity index (χ0n) is 11.8. The van der Waals surface area contributed by atoms with E-state index in [0.717, 1.165) is 28.0 Å². The molecule has 1 aromatic heterocycles. The van der Waals surface area contributed by atoms with Crippen LogP contribution in [-0.2, 0) is 0 Å². The molecule has 0 fully saturated rings. The van der Waals surface area contributed by atoms with Crippen LogP contribution < -0.4 is 0 Å². The number of benzene rings is 2. The first kappa shape index (κ1) is 14.5.